The second kappa shape index (κ2) is 6.90. The molecule has 2 aromatic rings. The molecule has 0 aliphatic carbocycles. The summed E-state index contributed by atoms with van der Waals surface area (Å²) in [4.78, 5) is 0. The van der Waals surface area contributed by atoms with E-state index in [1.54, 1.807) is 6.20 Å². The summed E-state index contributed by atoms with van der Waals surface area (Å²) >= 11 is 3.04. The number of nitrogens with two attached hydrogens (primary N) is 1. The first-order chi connectivity index (χ1) is 9.61. The molecule has 108 valence electrons. The Balaban J connectivity index is 2.09. The number of nitrogens with zero attached hydrogens (tertiary/aromatic N) is 3. The van der Waals surface area contributed by atoms with E-state index in [1.807, 2.05) is 0 Å². The highest BCUT2D eigenvalue weighted by molar-refractivity contribution is 9.10. The minimum atomic E-state index is -0.606. The molecule has 0 saturated heterocycles. The second-order valence-electron chi connectivity index (χ2n) is 4.47. The van der Waals surface area contributed by atoms with Gasteiger partial charge in [0.05, 0.1) is 16.7 Å². The lowest BCUT2D eigenvalue weighted by molar-refractivity contribution is 0.524. The lowest BCUT2D eigenvalue weighted by Crippen LogP contribution is -2.06. The van der Waals surface area contributed by atoms with E-state index < -0.39 is 11.6 Å². The minimum Gasteiger partial charge on any atom is -0.330 e. The van der Waals surface area contributed by atoms with E-state index in [2.05, 4.69) is 26.2 Å². The summed E-state index contributed by atoms with van der Waals surface area (Å²) in [6.07, 6.45) is 4.31. The molecular weight excluding hydrogens is 330 g/mol. The maximum absolute atomic E-state index is 13.8. The third kappa shape index (κ3) is 3.61. The molecule has 0 bridgehead atoms. The number of unbranched alkanes of at least 4 members (excludes halogenated alkanes) is 1. The summed E-state index contributed by atoms with van der Waals surface area (Å²) in [5, 5.41) is 7.87. The van der Waals surface area contributed by atoms with Gasteiger partial charge in [-0.25, -0.2) is 13.5 Å². The second-order valence-corrected chi connectivity index (χ2v) is 5.33. The van der Waals surface area contributed by atoms with Crippen LogP contribution in [0.15, 0.2) is 22.8 Å². The molecule has 2 rings (SSSR count). The van der Waals surface area contributed by atoms with Crippen LogP contribution in [0.4, 0.5) is 8.78 Å². The number of hydrogen-bond acceptors (Lipinski definition) is 3. The quantitative estimate of drug-likeness (QED) is 0.647. The molecule has 0 amide bonds. The Labute approximate surface area is 124 Å². The maximum Gasteiger partial charge on any atom is 0.145 e. The van der Waals surface area contributed by atoms with Crippen molar-refractivity contribution >= 4 is 15.9 Å². The number of aromatic nitrogens is 3. The first-order valence-electron chi connectivity index (χ1n) is 6.33. The number of rotatable bonds is 6. The molecule has 1 aromatic carbocycles. The van der Waals surface area contributed by atoms with Gasteiger partial charge in [0.25, 0.3) is 0 Å². The van der Waals surface area contributed by atoms with E-state index >= 15 is 0 Å². The van der Waals surface area contributed by atoms with E-state index in [1.165, 1.54) is 16.8 Å². The van der Waals surface area contributed by atoms with Crippen LogP contribution in [0.25, 0.3) is 0 Å². The molecular formula is C13H15BrF2N4. The van der Waals surface area contributed by atoms with Crippen LogP contribution in [-0.2, 0) is 13.0 Å². The number of halogens is 3. The van der Waals surface area contributed by atoms with Crippen molar-refractivity contribution in [3.63, 3.8) is 0 Å². The van der Waals surface area contributed by atoms with Gasteiger partial charge in [-0.2, -0.15) is 0 Å². The monoisotopic (exact) mass is 344 g/mol. The fourth-order valence-corrected chi connectivity index (χ4v) is 2.23. The average molecular weight is 345 g/mol. The predicted molar refractivity (Wildman–Crippen MR) is 75.2 cm³/mol. The molecule has 20 heavy (non-hydrogen) atoms. The molecule has 0 unspecified atom stereocenters. The fourth-order valence-electron chi connectivity index (χ4n) is 1.86. The normalized spacial score (nSPS) is 11.0. The number of aryl methyl sites for hydroxylation is 1. The molecule has 2 N–H and O–H groups in total. The minimum absolute atomic E-state index is 0.0149. The largest absolute Gasteiger partial charge is 0.330 e. The molecule has 0 atom stereocenters. The number of hydrogen-bond donors (Lipinski definition) is 1. The van der Waals surface area contributed by atoms with E-state index in [0.717, 1.165) is 25.0 Å². The summed E-state index contributed by atoms with van der Waals surface area (Å²) in [5.41, 5.74) is 6.19. The molecule has 7 heteroatoms. The van der Waals surface area contributed by atoms with Crippen molar-refractivity contribution in [2.45, 2.75) is 25.8 Å². The van der Waals surface area contributed by atoms with Crippen molar-refractivity contribution < 1.29 is 8.78 Å². The summed E-state index contributed by atoms with van der Waals surface area (Å²) in [6.45, 7) is 0.656. The van der Waals surface area contributed by atoms with Crippen molar-refractivity contribution in [1.29, 1.82) is 0 Å². The predicted octanol–water partition coefficient (Wildman–Crippen LogP) is 2.65. The Bertz CT molecular complexity index is 586. The fraction of sp³-hybridized carbons (Fsp3) is 0.385. The number of benzene rings is 1. The third-order valence-corrected chi connectivity index (χ3v) is 3.54. The molecule has 0 aliphatic rings. The van der Waals surface area contributed by atoms with Crippen molar-refractivity contribution in [3.05, 3.63) is 45.7 Å². The Morgan fingerprint density at radius 1 is 1.25 bits per heavy atom. The molecule has 0 radical (unpaired) electrons. The highest BCUT2D eigenvalue weighted by Gasteiger charge is 2.13. The zero-order valence-corrected chi connectivity index (χ0v) is 12.4. The molecule has 1 aromatic heterocycles. The lowest BCUT2D eigenvalue weighted by atomic mass is 10.2. The van der Waals surface area contributed by atoms with Gasteiger partial charge in [0.1, 0.15) is 11.6 Å². The van der Waals surface area contributed by atoms with Gasteiger partial charge >= 0.3 is 0 Å². The van der Waals surface area contributed by atoms with Gasteiger partial charge < -0.3 is 5.73 Å². The van der Waals surface area contributed by atoms with Gasteiger partial charge in [-0.1, -0.05) is 5.21 Å². The van der Waals surface area contributed by atoms with Crippen LogP contribution < -0.4 is 5.73 Å². The molecule has 0 aliphatic heterocycles. The Kier molecular flexibility index (Phi) is 5.19. The van der Waals surface area contributed by atoms with E-state index in [4.69, 9.17) is 5.73 Å². The average Bonchev–Trinajstić information content (AvgIpc) is 2.87. The van der Waals surface area contributed by atoms with Gasteiger partial charge in [0.2, 0.25) is 0 Å². The van der Waals surface area contributed by atoms with E-state index in [0.29, 0.717) is 6.54 Å². The van der Waals surface area contributed by atoms with Crippen LogP contribution >= 0.6 is 15.9 Å². The molecule has 4 nitrogen and oxygen atoms in total. The van der Waals surface area contributed by atoms with E-state index in [-0.39, 0.29) is 16.6 Å². The van der Waals surface area contributed by atoms with Crippen molar-refractivity contribution in [2.75, 3.05) is 6.54 Å². The highest BCUT2D eigenvalue weighted by atomic mass is 79.9. The van der Waals surface area contributed by atoms with Gasteiger partial charge in [-0.15, -0.1) is 5.10 Å². The van der Waals surface area contributed by atoms with Crippen LogP contribution in [0.1, 0.15) is 24.1 Å². The summed E-state index contributed by atoms with van der Waals surface area (Å²) in [6, 6.07) is 2.56. The Morgan fingerprint density at radius 2 is 2.05 bits per heavy atom. The molecule has 0 saturated carbocycles. The van der Waals surface area contributed by atoms with Gasteiger partial charge in [0.15, 0.2) is 0 Å². The summed E-state index contributed by atoms with van der Waals surface area (Å²) in [7, 11) is 0. The lowest BCUT2D eigenvalue weighted by Gasteiger charge is -2.05. The molecule has 0 fully saturated rings. The SMILES string of the molecule is NCCCCc1cn(Cc2c(F)ccc(Br)c2F)nn1. The first-order valence-corrected chi connectivity index (χ1v) is 7.12. The van der Waals surface area contributed by atoms with Crippen LogP contribution in [0.2, 0.25) is 0 Å². The van der Waals surface area contributed by atoms with Crippen LogP contribution in [0, 0.1) is 11.6 Å². The van der Waals surface area contributed by atoms with Crippen LogP contribution in [0.5, 0.6) is 0 Å². The van der Waals surface area contributed by atoms with Crippen LogP contribution in [0.3, 0.4) is 0 Å². The zero-order valence-electron chi connectivity index (χ0n) is 10.8. The van der Waals surface area contributed by atoms with Crippen molar-refractivity contribution in [1.82, 2.24) is 15.0 Å². The first kappa shape index (κ1) is 15.1. The molecule has 1 heterocycles. The Hall–Kier alpha value is -1.34. The third-order valence-electron chi connectivity index (χ3n) is 2.93. The standard InChI is InChI=1S/C13H15BrF2N4/c14-11-4-5-12(15)10(13(11)16)8-20-7-9(18-19-20)3-1-2-6-17/h4-5,7H,1-3,6,8,17H2. The van der Waals surface area contributed by atoms with Gasteiger partial charge in [-0.3, -0.25) is 0 Å². The van der Waals surface area contributed by atoms with Crippen LogP contribution in [-0.4, -0.2) is 21.5 Å². The highest BCUT2D eigenvalue weighted by Crippen LogP contribution is 2.22. The van der Waals surface area contributed by atoms with E-state index in [9.17, 15) is 8.78 Å². The van der Waals surface area contributed by atoms with Crippen molar-refractivity contribution in [3.8, 4) is 0 Å². The Morgan fingerprint density at radius 3 is 2.80 bits per heavy atom. The maximum atomic E-state index is 13.8. The zero-order chi connectivity index (χ0) is 14.5. The van der Waals surface area contributed by atoms with Gasteiger partial charge in [-0.05, 0) is 53.9 Å². The smallest absolute Gasteiger partial charge is 0.145 e. The summed E-state index contributed by atoms with van der Waals surface area (Å²) < 4.78 is 29.1. The topological polar surface area (TPSA) is 56.7 Å². The van der Waals surface area contributed by atoms with Crippen molar-refractivity contribution in [2.24, 2.45) is 5.73 Å². The van der Waals surface area contributed by atoms with Gasteiger partial charge in [0, 0.05) is 11.8 Å². The molecule has 0 spiro atoms. The summed E-state index contributed by atoms with van der Waals surface area (Å²) in [5.74, 6) is -1.20.